The summed E-state index contributed by atoms with van der Waals surface area (Å²) in [7, 11) is 0. The van der Waals surface area contributed by atoms with Gasteiger partial charge in [-0.1, -0.05) is 26.0 Å². The molecule has 1 aromatic rings. The molecule has 1 aliphatic heterocycles. The second kappa shape index (κ2) is 9.60. The highest BCUT2D eigenvalue weighted by Gasteiger charge is 2.25. The van der Waals surface area contributed by atoms with Crippen molar-refractivity contribution in [3.05, 3.63) is 29.3 Å². The molecule has 5 heteroatoms. The molecule has 5 nitrogen and oxygen atoms in total. The molecular weight excluding hydrogens is 326 g/mol. The number of benzene rings is 1. The molecule has 0 aromatic heterocycles. The largest absolute Gasteiger partial charge is 0.368 e. The molecule has 0 atom stereocenters. The van der Waals surface area contributed by atoms with Gasteiger partial charge in [-0.05, 0) is 43.9 Å². The van der Waals surface area contributed by atoms with E-state index in [0.29, 0.717) is 13.1 Å². The number of rotatable bonds is 7. The SMILES string of the molecule is CCCN(CCC)C(=O)CC(=O)N1CCN(c2cccc(C)c2C)CC1. The summed E-state index contributed by atoms with van der Waals surface area (Å²) in [6.45, 7) is 12.9. The molecule has 0 spiro atoms. The lowest BCUT2D eigenvalue weighted by Crippen LogP contribution is -2.50. The van der Waals surface area contributed by atoms with Crippen molar-refractivity contribution < 1.29 is 9.59 Å². The van der Waals surface area contributed by atoms with E-state index >= 15 is 0 Å². The van der Waals surface area contributed by atoms with Crippen molar-refractivity contribution in [2.45, 2.75) is 47.0 Å². The van der Waals surface area contributed by atoms with E-state index in [1.807, 2.05) is 9.80 Å². The first kappa shape index (κ1) is 20.3. The molecule has 1 fully saturated rings. The van der Waals surface area contributed by atoms with E-state index in [-0.39, 0.29) is 18.2 Å². The van der Waals surface area contributed by atoms with E-state index < -0.39 is 0 Å². The summed E-state index contributed by atoms with van der Waals surface area (Å²) < 4.78 is 0. The summed E-state index contributed by atoms with van der Waals surface area (Å²) in [5.74, 6) is -0.0662. The van der Waals surface area contributed by atoms with Gasteiger partial charge in [0.2, 0.25) is 11.8 Å². The lowest BCUT2D eigenvalue weighted by molar-refractivity contribution is -0.140. The minimum Gasteiger partial charge on any atom is -0.368 e. The molecule has 2 amide bonds. The summed E-state index contributed by atoms with van der Waals surface area (Å²) in [4.78, 5) is 31.0. The average Bonchev–Trinajstić information content (AvgIpc) is 2.64. The molecule has 0 bridgehead atoms. The molecule has 144 valence electrons. The fourth-order valence-electron chi connectivity index (χ4n) is 3.53. The Hall–Kier alpha value is -2.04. The van der Waals surface area contributed by atoms with Crippen molar-refractivity contribution >= 4 is 17.5 Å². The zero-order valence-electron chi connectivity index (χ0n) is 16.8. The van der Waals surface area contributed by atoms with Crippen molar-refractivity contribution in [3.63, 3.8) is 0 Å². The van der Waals surface area contributed by atoms with Crippen LogP contribution in [0.25, 0.3) is 0 Å². The molecule has 1 aromatic carbocycles. The van der Waals surface area contributed by atoms with E-state index in [2.05, 4.69) is 50.8 Å². The molecular formula is C21H33N3O2. The van der Waals surface area contributed by atoms with Crippen LogP contribution in [-0.4, -0.2) is 60.9 Å². The topological polar surface area (TPSA) is 43.9 Å². The number of amides is 2. The maximum absolute atomic E-state index is 12.5. The van der Waals surface area contributed by atoms with Crippen LogP contribution >= 0.6 is 0 Å². The number of aryl methyl sites for hydroxylation is 1. The Kier molecular flexibility index (Phi) is 7.49. The van der Waals surface area contributed by atoms with Crippen LogP contribution < -0.4 is 4.90 Å². The van der Waals surface area contributed by atoms with Gasteiger partial charge in [0.05, 0.1) is 0 Å². The molecule has 1 saturated heterocycles. The third-order valence-corrected chi connectivity index (χ3v) is 5.19. The Morgan fingerprint density at radius 2 is 1.62 bits per heavy atom. The number of carbonyl (C=O) groups excluding carboxylic acids is 2. The van der Waals surface area contributed by atoms with Crippen LogP contribution in [0.15, 0.2) is 18.2 Å². The number of hydrogen-bond donors (Lipinski definition) is 0. The van der Waals surface area contributed by atoms with Crippen LogP contribution in [-0.2, 0) is 9.59 Å². The van der Waals surface area contributed by atoms with Gasteiger partial charge < -0.3 is 14.7 Å². The smallest absolute Gasteiger partial charge is 0.232 e. The Morgan fingerprint density at radius 1 is 1.00 bits per heavy atom. The maximum Gasteiger partial charge on any atom is 0.232 e. The van der Waals surface area contributed by atoms with E-state index in [1.54, 1.807) is 0 Å². The number of nitrogens with zero attached hydrogens (tertiary/aromatic N) is 3. The van der Waals surface area contributed by atoms with Gasteiger partial charge in [-0.15, -0.1) is 0 Å². The summed E-state index contributed by atoms with van der Waals surface area (Å²) in [6.07, 6.45) is 1.85. The van der Waals surface area contributed by atoms with Crippen molar-refractivity contribution in [1.82, 2.24) is 9.80 Å². The predicted octanol–water partition coefficient (Wildman–Crippen LogP) is 2.99. The van der Waals surface area contributed by atoms with Crippen LogP contribution in [0.1, 0.15) is 44.2 Å². The normalized spacial score (nSPS) is 14.5. The highest BCUT2D eigenvalue weighted by atomic mass is 16.2. The Balaban J connectivity index is 1.89. The minimum atomic E-state index is -0.0344. The molecule has 0 saturated carbocycles. The third kappa shape index (κ3) is 4.99. The monoisotopic (exact) mass is 359 g/mol. The number of piperazine rings is 1. The van der Waals surface area contributed by atoms with E-state index in [1.165, 1.54) is 16.8 Å². The Labute approximate surface area is 158 Å². The molecule has 1 aliphatic rings. The zero-order chi connectivity index (χ0) is 19.1. The quantitative estimate of drug-likeness (QED) is 0.703. The van der Waals surface area contributed by atoms with Gasteiger partial charge in [-0.3, -0.25) is 9.59 Å². The van der Waals surface area contributed by atoms with Gasteiger partial charge in [0.25, 0.3) is 0 Å². The predicted molar refractivity (Wildman–Crippen MR) is 106 cm³/mol. The Morgan fingerprint density at radius 3 is 2.19 bits per heavy atom. The zero-order valence-corrected chi connectivity index (χ0v) is 16.8. The maximum atomic E-state index is 12.5. The van der Waals surface area contributed by atoms with Gasteiger partial charge >= 0.3 is 0 Å². The fraction of sp³-hybridized carbons (Fsp3) is 0.619. The average molecular weight is 360 g/mol. The number of hydrogen-bond acceptors (Lipinski definition) is 3. The van der Waals surface area contributed by atoms with Crippen molar-refractivity contribution in [1.29, 1.82) is 0 Å². The second-order valence-electron chi connectivity index (χ2n) is 7.14. The van der Waals surface area contributed by atoms with Crippen LogP contribution in [0.4, 0.5) is 5.69 Å². The van der Waals surface area contributed by atoms with Crippen LogP contribution in [0.2, 0.25) is 0 Å². The van der Waals surface area contributed by atoms with E-state index in [4.69, 9.17) is 0 Å². The van der Waals surface area contributed by atoms with Crippen molar-refractivity contribution in [2.75, 3.05) is 44.2 Å². The molecule has 2 rings (SSSR count). The van der Waals surface area contributed by atoms with Gasteiger partial charge in [-0.25, -0.2) is 0 Å². The first-order valence-corrected chi connectivity index (χ1v) is 9.84. The summed E-state index contributed by atoms with van der Waals surface area (Å²) >= 11 is 0. The van der Waals surface area contributed by atoms with Crippen molar-refractivity contribution in [2.24, 2.45) is 0 Å². The first-order valence-electron chi connectivity index (χ1n) is 9.84. The van der Waals surface area contributed by atoms with Gasteiger partial charge in [-0.2, -0.15) is 0 Å². The highest BCUT2D eigenvalue weighted by molar-refractivity contribution is 5.97. The fourth-order valence-corrected chi connectivity index (χ4v) is 3.53. The summed E-state index contributed by atoms with van der Waals surface area (Å²) in [5.41, 5.74) is 3.85. The molecule has 0 N–H and O–H groups in total. The van der Waals surface area contributed by atoms with Crippen molar-refractivity contribution in [3.8, 4) is 0 Å². The molecule has 1 heterocycles. The molecule has 0 radical (unpaired) electrons. The summed E-state index contributed by atoms with van der Waals surface area (Å²) in [5, 5.41) is 0. The molecule has 0 unspecified atom stereocenters. The third-order valence-electron chi connectivity index (χ3n) is 5.19. The lowest BCUT2D eigenvalue weighted by Gasteiger charge is -2.37. The molecule has 26 heavy (non-hydrogen) atoms. The highest BCUT2D eigenvalue weighted by Crippen LogP contribution is 2.24. The van der Waals surface area contributed by atoms with Crippen LogP contribution in [0.3, 0.4) is 0 Å². The first-order chi connectivity index (χ1) is 12.5. The van der Waals surface area contributed by atoms with Gasteiger partial charge in [0, 0.05) is 45.0 Å². The van der Waals surface area contributed by atoms with Gasteiger partial charge in [0.1, 0.15) is 6.42 Å². The minimum absolute atomic E-state index is 0.00345. The van der Waals surface area contributed by atoms with Crippen LogP contribution in [0.5, 0.6) is 0 Å². The number of anilines is 1. The molecule has 0 aliphatic carbocycles. The second-order valence-corrected chi connectivity index (χ2v) is 7.14. The Bertz CT molecular complexity index is 616. The van der Waals surface area contributed by atoms with Gasteiger partial charge in [0.15, 0.2) is 0 Å². The van der Waals surface area contributed by atoms with E-state index in [9.17, 15) is 9.59 Å². The van der Waals surface area contributed by atoms with Crippen LogP contribution in [0, 0.1) is 13.8 Å². The van der Waals surface area contributed by atoms with E-state index in [0.717, 1.165) is 39.0 Å². The number of carbonyl (C=O) groups is 2. The lowest BCUT2D eigenvalue weighted by atomic mass is 10.1. The standard InChI is InChI=1S/C21H33N3O2/c1-5-10-23(11-6-2)20(25)16-21(26)24-14-12-22(13-15-24)19-9-7-8-17(3)18(19)4/h7-9H,5-6,10-16H2,1-4H3. The summed E-state index contributed by atoms with van der Waals surface area (Å²) in [6, 6.07) is 6.36.